The van der Waals surface area contributed by atoms with Crippen LogP contribution in [0.4, 0.5) is 0 Å². The van der Waals surface area contributed by atoms with E-state index in [4.69, 9.17) is 14.2 Å². The average Bonchev–Trinajstić information content (AvgIpc) is 3.22. The fourth-order valence-electron chi connectivity index (χ4n) is 5.77. The first-order valence-corrected chi connectivity index (χ1v) is 22.9. The number of hydrogen-bond donors (Lipinski definition) is 0. The molecule has 0 heterocycles. The molecule has 0 aromatic rings. The molecule has 0 N–H and O–H groups in total. The first-order chi connectivity index (χ1) is 29.6. The van der Waals surface area contributed by atoms with Crippen LogP contribution in [0, 0.1) is 0 Å². The van der Waals surface area contributed by atoms with Gasteiger partial charge in [-0.25, -0.2) is 0 Å². The molecule has 0 radical (unpaired) electrons. The van der Waals surface area contributed by atoms with Gasteiger partial charge in [0.1, 0.15) is 12.6 Å². The van der Waals surface area contributed by atoms with E-state index < -0.39 is 18.1 Å². The second-order valence-corrected chi connectivity index (χ2v) is 15.8. The van der Waals surface area contributed by atoms with Gasteiger partial charge in [-0.1, -0.05) is 186 Å². The summed E-state index contributed by atoms with van der Waals surface area (Å²) in [6.07, 6.45) is 60.4. The van der Waals surface area contributed by atoms with Gasteiger partial charge in [-0.3, -0.25) is 9.59 Å². The van der Waals surface area contributed by atoms with Gasteiger partial charge in [-0.05, 0) is 57.8 Å². The molecule has 0 saturated carbocycles. The second-order valence-electron chi connectivity index (χ2n) is 15.8. The van der Waals surface area contributed by atoms with Crippen molar-refractivity contribution < 1.29 is 38.2 Å². The zero-order valence-electron chi connectivity index (χ0n) is 38.5. The summed E-state index contributed by atoms with van der Waals surface area (Å²) in [5.41, 5.74) is 0. The number of rotatable bonds is 38. The molecule has 340 valence electrons. The summed E-state index contributed by atoms with van der Waals surface area (Å²) < 4.78 is 17.1. The van der Waals surface area contributed by atoms with Crippen molar-refractivity contribution in [3.8, 4) is 0 Å². The molecule has 0 fully saturated rings. The number of ether oxygens (including phenoxy) is 3. The van der Waals surface area contributed by atoms with Gasteiger partial charge >= 0.3 is 11.9 Å². The van der Waals surface area contributed by atoms with Crippen LogP contribution in [0.1, 0.15) is 129 Å². The van der Waals surface area contributed by atoms with Crippen molar-refractivity contribution in [1.82, 2.24) is 0 Å². The number of nitrogens with zero attached hydrogens (tertiary/aromatic N) is 1. The zero-order valence-corrected chi connectivity index (χ0v) is 38.5. The van der Waals surface area contributed by atoms with E-state index in [9.17, 15) is 19.5 Å². The van der Waals surface area contributed by atoms with Crippen LogP contribution in [0.5, 0.6) is 0 Å². The second kappa shape index (κ2) is 42.2. The quantitative estimate of drug-likeness (QED) is 0.0264. The number of carboxylic acids is 1. The van der Waals surface area contributed by atoms with E-state index in [0.717, 1.165) is 70.6 Å². The highest BCUT2D eigenvalue weighted by atomic mass is 16.6. The Hall–Kier alpha value is -4.53. The Balaban J connectivity index is 4.53. The van der Waals surface area contributed by atoms with Gasteiger partial charge in [0, 0.05) is 19.3 Å². The number of carbonyl (C=O) groups excluding carboxylic acids is 3. The largest absolute Gasteiger partial charge is 0.544 e. The summed E-state index contributed by atoms with van der Waals surface area (Å²) in [6, 6.07) is -0.749. The van der Waals surface area contributed by atoms with Crippen LogP contribution in [-0.4, -0.2) is 75.5 Å². The summed E-state index contributed by atoms with van der Waals surface area (Å²) in [7, 11) is 5.36. The average molecular weight is 844 g/mol. The van der Waals surface area contributed by atoms with Crippen LogP contribution in [0.15, 0.2) is 134 Å². The van der Waals surface area contributed by atoms with E-state index in [-0.39, 0.29) is 49.1 Å². The SMILES string of the molecule is CC/C=C/C=C/C=C/C=C/C=C/C=C/C=C/CCCCCC(=O)OC(COCCC(C(=O)[O-])[N+](C)(C)C)COC(=O)CCCCCCC/C=C/C=C/C=C/C=C/CCCCC. The highest BCUT2D eigenvalue weighted by molar-refractivity contribution is 5.70. The third-order valence-corrected chi connectivity index (χ3v) is 9.31. The predicted octanol–water partition coefficient (Wildman–Crippen LogP) is 11.5. The van der Waals surface area contributed by atoms with Gasteiger partial charge in [0.15, 0.2) is 6.10 Å². The summed E-state index contributed by atoms with van der Waals surface area (Å²) in [5, 5.41) is 11.6. The summed E-state index contributed by atoms with van der Waals surface area (Å²) in [6.45, 7) is 4.37. The standard InChI is InChI=1S/C53H81NO7/c1-6-8-10-12-14-16-18-20-22-24-26-28-30-32-34-36-38-40-42-44-52(56)61-49(47-59-46-45-50(53(57)58)54(3,4)5)48-60-51(55)43-41-39-37-35-33-31-29-27-25-23-21-19-17-15-13-11-9-7-2/h8,10,12,14-30,32,34,49-50H,6-7,9,11,13,31,33,35-48H2,1-5H3/b10-8+,14-12+,17-15+,18-16+,21-19+,22-20+,25-23+,26-24+,29-27+,30-28+,34-32+. The molecular formula is C53H81NO7. The number of aliphatic carboxylic acids is 1. The Morgan fingerprint density at radius 2 is 0.918 bits per heavy atom. The summed E-state index contributed by atoms with van der Waals surface area (Å²) >= 11 is 0. The van der Waals surface area contributed by atoms with Gasteiger partial charge in [0.2, 0.25) is 0 Å². The minimum Gasteiger partial charge on any atom is -0.544 e. The van der Waals surface area contributed by atoms with Gasteiger partial charge < -0.3 is 28.6 Å². The summed E-state index contributed by atoms with van der Waals surface area (Å²) in [4.78, 5) is 36.9. The highest BCUT2D eigenvalue weighted by Crippen LogP contribution is 2.12. The van der Waals surface area contributed by atoms with Crippen molar-refractivity contribution in [1.29, 1.82) is 0 Å². The Labute approximate surface area is 371 Å². The third-order valence-electron chi connectivity index (χ3n) is 9.31. The number of esters is 2. The molecule has 0 rings (SSSR count). The Bertz CT molecular complexity index is 1450. The number of carboxylic acid groups (broad SMARTS) is 1. The van der Waals surface area contributed by atoms with Crippen molar-refractivity contribution >= 4 is 17.9 Å². The van der Waals surface area contributed by atoms with Crippen LogP contribution in [-0.2, 0) is 28.6 Å². The molecule has 0 amide bonds. The maximum absolute atomic E-state index is 12.7. The molecule has 0 aromatic carbocycles. The smallest absolute Gasteiger partial charge is 0.306 e. The number of carbonyl (C=O) groups is 3. The predicted molar refractivity (Wildman–Crippen MR) is 253 cm³/mol. The van der Waals surface area contributed by atoms with Crippen LogP contribution in [0.3, 0.4) is 0 Å². The van der Waals surface area contributed by atoms with Gasteiger partial charge in [-0.2, -0.15) is 0 Å². The molecule has 0 spiro atoms. The van der Waals surface area contributed by atoms with Crippen LogP contribution < -0.4 is 5.11 Å². The van der Waals surface area contributed by atoms with Crippen molar-refractivity contribution in [3.05, 3.63) is 134 Å². The number of allylic oxidation sites excluding steroid dienone is 22. The first-order valence-electron chi connectivity index (χ1n) is 22.9. The molecule has 0 aromatic heterocycles. The van der Waals surface area contributed by atoms with Crippen LogP contribution >= 0.6 is 0 Å². The lowest BCUT2D eigenvalue weighted by atomic mass is 10.1. The Kier molecular flexibility index (Phi) is 39.0. The highest BCUT2D eigenvalue weighted by Gasteiger charge is 2.25. The van der Waals surface area contributed by atoms with E-state index in [1.165, 1.54) is 19.3 Å². The van der Waals surface area contributed by atoms with Gasteiger partial charge in [0.05, 0.1) is 40.3 Å². The Morgan fingerprint density at radius 3 is 1.38 bits per heavy atom. The van der Waals surface area contributed by atoms with Gasteiger partial charge in [0.25, 0.3) is 0 Å². The molecule has 8 nitrogen and oxygen atoms in total. The molecule has 0 aliphatic heterocycles. The van der Waals surface area contributed by atoms with Crippen LogP contribution in [0.25, 0.3) is 0 Å². The fraction of sp³-hybridized carbons (Fsp3) is 0.528. The molecule has 0 bridgehead atoms. The van der Waals surface area contributed by atoms with Crippen LogP contribution in [0.2, 0.25) is 0 Å². The monoisotopic (exact) mass is 844 g/mol. The number of hydrogen-bond acceptors (Lipinski definition) is 7. The lowest BCUT2D eigenvalue weighted by Crippen LogP contribution is -2.55. The lowest BCUT2D eigenvalue weighted by Gasteiger charge is -2.34. The summed E-state index contributed by atoms with van der Waals surface area (Å²) in [5.74, 6) is -1.85. The molecule has 2 atom stereocenters. The lowest BCUT2D eigenvalue weighted by molar-refractivity contribution is -0.889. The molecule has 61 heavy (non-hydrogen) atoms. The van der Waals surface area contributed by atoms with E-state index in [1.807, 2.05) is 85.1 Å². The minimum absolute atomic E-state index is 0.00302. The molecule has 8 heteroatoms. The fourth-order valence-corrected chi connectivity index (χ4v) is 5.77. The minimum atomic E-state index is -1.14. The maximum Gasteiger partial charge on any atom is 0.306 e. The zero-order chi connectivity index (χ0) is 44.9. The number of quaternary nitrogens is 1. The number of unbranched alkanes of at least 4 members (excludes halogenated alkanes) is 11. The third kappa shape index (κ3) is 40.6. The molecular weight excluding hydrogens is 763 g/mol. The van der Waals surface area contributed by atoms with E-state index >= 15 is 0 Å². The van der Waals surface area contributed by atoms with Crippen molar-refractivity contribution in [3.63, 3.8) is 0 Å². The molecule has 0 aliphatic rings. The van der Waals surface area contributed by atoms with E-state index in [0.29, 0.717) is 12.8 Å². The Morgan fingerprint density at radius 1 is 0.508 bits per heavy atom. The number of likely N-dealkylation sites (N-methyl/N-ethyl adjacent to an activating group) is 1. The van der Waals surface area contributed by atoms with Crippen molar-refractivity contribution in [2.75, 3.05) is 41.0 Å². The van der Waals surface area contributed by atoms with Crippen molar-refractivity contribution in [2.45, 2.75) is 142 Å². The maximum atomic E-state index is 12.7. The first kappa shape index (κ1) is 56.5. The normalized spacial score (nSPS) is 14.2. The molecule has 0 saturated heterocycles. The van der Waals surface area contributed by atoms with E-state index in [2.05, 4.69) is 62.5 Å². The van der Waals surface area contributed by atoms with Crippen molar-refractivity contribution in [2.24, 2.45) is 0 Å². The molecule has 2 unspecified atom stereocenters. The topological polar surface area (TPSA) is 102 Å². The van der Waals surface area contributed by atoms with E-state index in [1.54, 1.807) is 21.1 Å². The van der Waals surface area contributed by atoms with Gasteiger partial charge in [-0.15, -0.1) is 0 Å². The molecule has 0 aliphatic carbocycles.